The van der Waals surface area contributed by atoms with Crippen LogP contribution in [0.15, 0.2) is 42.5 Å². The minimum absolute atomic E-state index is 0.0913. The van der Waals surface area contributed by atoms with Gasteiger partial charge in [-0.25, -0.2) is 0 Å². The molecule has 6 nitrogen and oxygen atoms in total. The lowest BCUT2D eigenvalue weighted by Gasteiger charge is -2.23. The number of benzene rings is 2. The lowest BCUT2D eigenvalue weighted by molar-refractivity contribution is -0.126. The van der Waals surface area contributed by atoms with Gasteiger partial charge in [0.15, 0.2) is 0 Å². The Morgan fingerprint density at radius 1 is 1.28 bits per heavy atom. The summed E-state index contributed by atoms with van der Waals surface area (Å²) in [6.45, 7) is 6.30. The Morgan fingerprint density at radius 2 is 2.09 bits per heavy atom. The molecular formula is C26H31N3O3. The van der Waals surface area contributed by atoms with E-state index in [1.165, 1.54) is 0 Å². The molecule has 0 aromatic heterocycles. The summed E-state index contributed by atoms with van der Waals surface area (Å²) >= 11 is 0. The predicted molar refractivity (Wildman–Crippen MR) is 126 cm³/mol. The Kier molecular flexibility index (Phi) is 7.91. The fraction of sp³-hybridized carbons (Fsp3) is 0.385. The average Bonchev–Trinajstić information content (AvgIpc) is 3.13. The van der Waals surface area contributed by atoms with Gasteiger partial charge in [0.1, 0.15) is 17.6 Å². The van der Waals surface area contributed by atoms with Crippen LogP contribution in [0, 0.1) is 11.3 Å². The number of ether oxygens (including phenoxy) is 2. The minimum atomic E-state index is -0.0913. The van der Waals surface area contributed by atoms with Gasteiger partial charge in [-0.2, -0.15) is 5.26 Å². The van der Waals surface area contributed by atoms with E-state index in [4.69, 9.17) is 9.47 Å². The molecule has 0 aliphatic carbocycles. The van der Waals surface area contributed by atoms with Crippen molar-refractivity contribution in [2.24, 2.45) is 0 Å². The molecule has 2 aromatic carbocycles. The highest BCUT2D eigenvalue weighted by Crippen LogP contribution is 2.35. The smallest absolute Gasteiger partial charge is 0.246 e. The van der Waals surface area contributed by atoms with E-state index in [1.54, 1.807) is 23.1 Å². The minimum Gasteiger partial charge on any atom is -0.493 e. The molecule has 6 heteroatoms. The van der Waals surface area contributed by atoms with Crippen molar-refractivity contribution in [2.75, 3.05) is 33.8 Å². The quantitative estimate of drug-likeness (QED) is 0.562. The normalized spacial score (nSPS) is 14.8. The molecule has 0 N–H and O–H groups in total. The zero-order valence-electron chi connectivity index (χ0n) is 19.3. The van der Waals surface area contributed by atoms with Gasteiger partial charge in [0.05, 0.1) is 18.2 Å². The van der Waals surface area contributed by atoms with Crippen LogP contribution in [0.3, 0.4) is 0 Å². The van der Waals surface area contributed by atoms with Crippen molar-refractivity contribution in [3.8, 4) is 17.6 Å². The highest BCUT2D eigenvalue weighted by Gasteiger charge is 2.21. The van der Waals surface area contributed by atoms with Gasteiger partial charge in [0.2, 0.25) is 5.91 Å². The first-order chi connectivity index (χ1) is 15.4. The standard InChI is InChI=1S/C26H31N3O3/c1-5-31-24-16-23-13-19(2)32-25(23)15-22(24)9-10-26(30)29(12-11-28(3)4)18-21-8-6-7-20(14-21)17-27/h6-10,14-16,19H,5,11-13,18H2,1-4H3. The molecule has 0 bridgehead atoms. The van der Waals surface area contributed by atoms with E-state index < -0.39 is 0 Å². The Labute approximate surface area is 190 Å². The fourth-order valence-electron chi connectivity index (χ4n) is 3.68. The number of nitriles is 1. The molecule has 0 fully saturated rings. The molecule has 32 heavy (non-hydrogen) atoms. The van der Waals surface area contributed by atoms with Crippen LogP contribution in [0.25, 0.3) is 6.08 Å². The number of hydrogen-bond donors (Lipinski definition) is 0. The number of fused-ring (bicyclic) bond motifs is 1. The van der Waals surface area contributed by atoms with E-state index >= 15 is 0 Å². The average molecular weight is 434 g/mol. The second-order valence-electron chi connectivity index (χ2n) is 8.27. The molecule has 1 aliphatic heterocycles. The van der Waals surface area contributed by atoms with Crippen molar-refractivity contribution in [3.05, 3.63) is 64.7 Å². The van der Waals surface area contributed by atoms with Gasteiger partial charge in [-0.1, -0.05) is 12.1 Å². The number of nitrogens with zero attached hydrogens (tertiary/aromatic N) is 3. The lowest BCUT2D eigenvalue weighted by Crippen LogP contribution is -2.35. The van der Waals surface area contributed by atoms with Crippen molar-refractivity contribution in [3.63, 3.8) is 0 Å². The van der Waals surface area contributed by atoms with Gasteiger partial charge in [-0.3, -0.25) is 4.79 Å². The monoisotopic (exact) mass is 433 g/mol. The fourth-order valence-corrected chi connectivity index (χ4v) is 3.68. The molecule has 168 valence electrons. The van der Waals surface area contributed by atoms with Crippen LogP contribution >= 0.6 is 0 Å². The van der Waals surface area contributed by atoms with Gasteiger partial charge in [0.25, 0.3) is 0 Å². The number of carbonyl (C=O) groups excluding carboxylic acids is 1. The zero-order valence-corrected chi connectivity index (χ0v) is 19.3. The molecule has 0 radical (unpaired) electrons. The molecule has 0 spiro atoms. The highest BCUT2D eigenvalue weighted by molar-refractivity contribution is 5.92. The van der Waals surface area contributed by atoms with Gasteiger partial charge < -0.3 is 19.3 Å². The first-order valence-corrected chi connectivity index (χ1v) is 11.0. The summed E-state index contributed by atoms with van der Waals surface area (Å²) in [5, 5.41) is 9.17. The van der Waals surface area contributed by atoms with E-state index in [1.807, 2.05) is 63.2 Å². The van der Waals surface area contributed by atoms with Crippen LogP contribution < -0.4 is 9.47 Å². The Hall–Kier alpha value is -3.30. The third-order valence-electron chi connectivity index (χ3n) is 5.29. The van der Waals surface area contributed by atoms with E-state index in [9.17, 15) is 10.1 Å². The molecule has 2 aromatic rings. The number of likely N-dealkylation sites (N-methyl/N-ethyl adjacent to an activating group) is 1. The summed E-state index contributed by atoms with van der Waals surface area (Å²) in [6.07, 6.45) is 4.39. The third kappa shape index (κ3) is 6.12. The molecule has 1 aliphatic rings. The Balaban J connectivity index is 1.82. The van der Waals surface area contributed by atoms with Crippen molar-refractivity contribution in [1.29, 1.82) is 5.26 Å². The maximum Gasteiger partial charge on any atom is 0.246 e. The molecule has 1 amide bonds. The maximum atomic E-state index is 13.1. The van der Waals surface area contributed by atoms with Gasteiger partial charge in [-0.15, -0.1) is 0 Å². The van der Waals surface area contributed by atoms with Gasteiger partial charge in [0, 0.05) is 43.3 Å². The number of hydrogen-bond acceptors (Lipinski definition) is 5. The van der Waals surface area contributed by atoms with Crippen LogP contribution in [0.5, 0.6) is 11.5 Å². The third-order valence-corrected chi connectivity index (χ3v) is 5.29. The first kappa shape index (κ1) is 23.4. The molecule has 1 heterocycles. The summed E-state index contributed by atoms with van der Waals surface area (Å²) in [5.74, 6) is 1.52. The van der Waals surface area contributed by atoms with Crippen molar-refractivity contribution < 1.29 is 14.3 Å². The molecule has 1 atom stereocenters. The van der Waals surface area contributed by atoms with E-state index in [2.05, 4.69) is 6.07 Å². The van der Waals surface area contributed by atoms with Crippen LogP contribution in [-0.4, -0.2) is 55.6 Å². The molecule has 0 saturated heterocycles. The molecular weight excluding hydrogens is 402 g/mol. The van der Waals surface area contributed by atoms with Crippen molar-refractivity contribution in [2.45, 2.75) is 32.9 Å². The second-order valence-corrected chi connectivity index (χ2v) is 8.27. The van der Waals surface area contributed by atoms with E-state index in [0.717, 1.165) is 41.2 Å². The van der Waals surface area contributed by atoms with E-state index in [0.29, 0.717) is 25.3 Å². The van der Waals surface area contributed by atoms with Gasteiger partial charge >= 0.3 is 0 Å². The van der Waals surface area contributed by atoms with E-state index in [-0.39, 0.29) is 12.0 Å². The largest absolute Gasteiger partial charge is 0.493 e. The Morgan fingerprint density at radius 3 is 2.81 bits per heavy atom. The topological polar surface area (TPSA) is 65.8 Å². The number of amides is 1. The SMILES string of the molecule is CCOc1cc2c(cc1C=CC(=O)N(CCN(C)C)Cc1cccc(C#N)c1)OC(C)C2. The van der Waals surface area contributed by atoms with Crippen LogP contribution in [0.4, 0.5) is 0 Å². The highest BCUT2D eigenvalue weighted by atomic mass is 16.5. The summed E-state index contributed by atoms with van der Waals surface area (Å²) in [5.41, 5.74) is 3.48. The number of rotatable bonds is 9. The predicted octanol–water partition coefficient (Wildman–Crippen LogP) is 3.88. The summed E-state index contributed by atoms with van der Waals surface area (Å²) < 4.78 is 11.7. The molecule has 1 unspecified atom stereocenters. The molecule has 0 saturated carbocycles. The summed E-state index contributed by atoms with van der Waals surface area (Å²) in [4.78, 5) is 17.0. The molecule has 3 rings (SSSR count). The summed E-state index contributed by atoms with van der Waals surface area (Å²) in [6, 6.07) is 13.5. The zero-order chi connectivity index (χ0) is 23.1. The maximum absolute atomic E-state index is 13.1. The van der Waals surface area contributed by atoms with Gasteiger partial charge in [-0.05, 0) is 63.8 Å². The van der Waals surface area contributed by atoms with Crippen LogP contribution in [0.2, 0.25) is 0 Å². The first-order valence-electron chi connectivity index (χ1n) is 11.0. The lowest BCUT2D eigenvalue weighted by atomic mass is 10.1. The Bertz CT molecular complexity index is 1020. The van der Waals surface area contributed by atoms with Crippen LogP contribution in [0.1, 0.15) is 36.1 Å². The second kappa shape index (κ2) is 10.8. The van der Waals surface area contributed by atoms with Crippen molar-refractivity contribution in [1.82, 2.24) is 9.80 Å². The van der Waals surface area contributed by atoms with Crippen molar-refractivity contribution >= 4 is 12.0 Å². The van der Waals surface area contributed by atoms with Crippen LogP contribution in [-0.2, 0) is 17.8 Å². The number of carbonyl (C=O) groups is 1. The summed E-state index contributed by atoms with van der Waals surface area (Å²) in [7, 11) is 3.96.